The van der Waals surface area contributed by atoms with Crippen LogP contribution in [0.15, 0.2) is 55.9 Å². The Balaban J connectivity index is 1.35. The van der Waals surface area contributed by atoms with Gasteiger partial charge in [-0.05, 0) is 55.9 Å². The Hall–Kier alpha value is -2.99. The first kappa shape index (κ1) is 17.1. The van der Waals surface area contributed by atoms with Crippen LogP contribution < -0.4 is 5.32 Å². The van der Waals surface area contributed by atoms with E-state index in [4.69, 9.17) is 0 Å². The molecule has 0 amide bonds. The van der Waals surface area contributed by atoms with Crippen molar-refractivity contribution in [2.45, 2.75) is 31.2 Å². The minimum atomic E-state index is 0.168. The molecule has 1 aliphatic carbocycles. The van der Waals surface area contributed by atoms with Crippen molar-refractivity contribution < 1.29 is 5.11 Å². The van der Waals surface area contributed by atoms with Gasteiger partial charge in [-0.15, -0.1) is 0 Å². The van der Waals surface area contributed by atoms with Crippen LogP contribution in [0.3, 0.4) is 0 Å². The highest BCUT2D eigenvalue weighted by Crippen LogP contribution is 2.46. The van der Waals surface area contributed by atoms with Gasteiger partial charge in [-0.3, -0.25) is 9.97 Å². The molecule has 1 aliphatic heterocycles. The van der Waals surface area contributed by atoms with E-state index in [1.807, 2.05) is 22.9 Å². The Morgan fingerprint density at radius 3 is 2.82 bits per heavy atom. The highest BCUT2D eigenvalue weighted by molar-refractivity contribution is 5.69. The van der Waals surface area contributed by atoms with Gasteiger partial charge in [0, 0.05) is 29.6 Å². The fourth-order valence-corrected chi connectivity index (χ4v) is 4.14. The fourth-order valence-electron chi connectivity index (χ4n) is 4.14. The largest absolute Gasteiger partial charge is 0.507 e. The number of piperidine rings is 1. The number of nitrogens with one attached hydrogen (secondary N) is 1. The second-order valence-corrected chi connectivity index (χ2v) is 7.88. The Labute approximate surface area is 164 Å². The van der Waals surface area contributed by atoms with Crippen molar-refractivity contribution in [3.63, 3.8) is 0 Å². The standard InChI is InChI=1S/C22H23N5O/c1-15(16-4-7-26-22(11-16)5-6-22)19-12-25-20(13-24-19)18-3-2-17(10-21(18)28)27-9-8-23-14-27/h2-3,8-10,12-14,16,26,28H,1,4-7,11H2/t16-/m0/s1. The van der Waals surface area contributed by atoms with Crippen LogP contribution in [-0.2, 0) is 0 Å². The first-order chi connectivity index (χ1) is 13.6. The van der Waals surface area contributed by atoms with Crippen molar-refractivity contribution >= 4 is 5.57 Å². The van der Waals surface area contributed by atoms with E-state index in [0.29, 0.717) is 22.7 Å². The summed E-state index contributed by atoms with van der Waals surface area (Å²) in [4.78, 5) is 13.2. The van der Waals surface area contributed by atoms with E-state index in [-0.39, 0.29) is 5.75 Å². The van der Waals surface area contributed by atoms with E-state index in [9.17, 15) is 5.11 Å². The lowest BCUT2D eigenvalue weighted by Crippen LogP contribution is -2.40. The number of hydrogen-bond acceptors (Lipinski definition) is 5. The summed E-state index contributed by atoms with van der Waals surface area (Å²) in [5.74, 6) is 0.632. The highest BCUT2D eigenvalue weighted by atomic mass is 16.3. The monoisotopic (exact) mass is 373 g/mol. The molecule has 2 fully saturated rings. The van der Waals surface area contributed by atoms with Crippen LogP contribution in [0.2, 0.25) is 0 Å². The van der Waals surface area contributed by atoms with Crippen molar-refractivity contribution in [2.24, 2.45) is 5.92 Å². The maximum atomic E-state index is 10.5. The maximum absolute atomic E-state index is 10.5. The average molecular weight is 373 g/mol. The summed E-state index contributed by atoms with van der Waals surface area (Å²) in [6.45, 7) is 5.36. The molecule has 6 nitrogen and oxygen atoms in total. The zero-order chi connectivity index (χ0) is 19.1. The molecule has 142 valence electrons. The van der Waals surface area contributed by atoms with Gasteiger partial charge >= 0.3 is 0 Å². The lowest BCUT2D eigenvalue weighted by Gasteiger charge is -2.31. The molecule has 3 aromatic rings. The van der Waals surface area contributed by atoms with Gasteiger partial charge in [-0.25, -0.2) is 4.98 Å². The number of phenolic OH excluding ortho intramolecular Hbond substituents is 1. The van der Waals surface area contributed by atoms with Gasteiger partial charge in [0.1, 0.15) is 5.75 Å². The lowest BCUT2D eigenvalue weighted by molar-refractivity contribution is 0.335. The summed E-state index contributed by atoms with van der Waals surface area (Å²) in [5.41, 5.74) is 4.44. The average Bonchev–Trinajstić information content (AvgIpc) is 3.24. The molecule has 1 atom stereocenters. The number of rotatable bonds is 4. The van der Waals surface area contributed by atoms with E-state index < -0.39 is 0 Å². The SMILES string of the molecule is C=C(c1cnc(-c2ccc(-n3ccnc3)cc2O)cn1)[C@H]1CCNC2(CC2)C1. The predicted molar refractivity (Wildman–Crippen MR) is 108 cm³/mol. The third kappa shape index (κ3) is 3.10. The van der Waals surface area contributed by atoms with E-state index in [1.54, 1.807) is 31.0 Å². The van der Waals surface area contributed by atoms with E-state index in [1.165, 1.54) is 12.8 Å². The summed E-state index contributed by atoms with van der Waals surface area (Å²) < 4.78 is 1.84. The quantitative estimate of drug-likeness (QED) is 0.731. The molecule has 1 spiro atoms. The van der Waals surface area contributed by atoms with E-state index in [0.717, 1.165) is 36.3 Å². The summed E-state index contributed by atoms with van der Waals surface area (Å²) in [6.07, 6.45) is 13.5. The molecule has 28 heavy (non-hydrogen) atoms. The smallest absolute Gasteiger partial charge is 0.127 e. The first-order valence-corrected chi connectivity index (χ1v) is 9.72. The number of hydrogen-bond donors (Lipinski definition) is 2. The van der Waals surface area contributed by atoms with Gasteiger partial charge in [0.25, 0.3) is 0 Å². The molecule has 1 aromatic carbocycles. The molecule has 0 unspecified atom stereocenters. The van der Waals surface area contributed by atoms with Gasteiger partial charge in [-0.2, -0.15) is 0 Å². The zero-order valence-electron chi connectivity index (χ0n) is 15.7. The van der Waals surface area contributed by atoms with Crippen LogP contribution in [0.1, 0.15) is 31.4 Å². The van der Waals surface area contributed by atoms with E-state index in [2.05, 4.69) is 26.8 Å². The number of imidazole rings is 1. The lowest BCUT2D eigenvalue weighted by atomic mass is 9.84. The van der Waals surface area contributed by atoms with Crippen LogP contribution >= 0.6 is 0 Å². The second kappa shape index (κ2) is 6.56. The fraction of sp³-hybridized carbons (Fsp3) is 0.318. The van der Waals surface area contributed by atoms with Gasteiger partial charge in [-0.1, -0.05) is 6.58 Å². The number of aromatic nitrogens is 4. The van der Waals surface area contributed by atoms with Crippen LogP contribution in [-0.4, -0.2) is 36.7 Å². The number of phenols is 1. The molecule has 1 saturated carbocycles. The molecule has 0 bridgehead atoms. The molecule has 1 saturated heterocycles. The molecule has 5 rings (SSSR count). The molecule has 2 N–H and O–H groups in total. The van der Waals surface area contributed by atoms with Crippen LogP contribution in [0.5, 0.6) is 5.75 Å². The Morgan fingerprint density at radius 2 is 2.14 bits per heavy atom. The molecular formula is C22H23N5O. The van der Waals surface area contributed by atoms with E-state index >= 15 is 0 Å². The summed E-state index contributed by atoms with van der Waals surface area (Å²) in [6, 6.07) is 5.48. The first-order valence-electron chi connectivity index (χ1n) is 9.72. The van der Waals surface area contributed by atoms with Crippen LogP contribution in [0, 0.1) is 5.92 Å². The van der Waals surface area contributed by atoms with Gasteiger partial charge in [0.15, 0.2) is 0 Å². The minimum absolute atomic E-state index is 0.168. The molecule has 2 aromatic heterocycles. The summed E-state index contributed by atoms with van der Waals surface area (Å²) in [5, 5.41) is 14.1. The molecular weight excluding hydrogens is 350 g/mol. The number of benzene rings is 1. The van der Waals surface area contributed by atoms with Crippen LogP contribution in [0.4, 0.5) is 0 Å². The molecule has 3 heterocycles. The Kier molecular flexibility index (Phi) is 4.02. The third-order valence-corrected chi connectivity index (χ3v) is 6.02. The summed E-state index contributed by atoms with van der Waals surface area (Å²) >= 11 is 0. The van der Waals surface area contributed by atoms with Crippen LogP contribution in [0.25, 0.3) is 22.5 Å². The zero-order valence-corrected chi connectivity index (χ0v) is 15.7. The van der Waals surface area contributed by atoms with Crippen molar-refractivity contribution in [1.82, 2.24) is 24.8 Å². The predicted octanol–water partition coefficient (Wildman–Crippen LogP) is 3.58. The number of nitrogens with zero attached hydrogens (tertiary/aromatic N) is 4. The van der Waals surface area contributed by atoms with Gasteiger partial charge in [0.2, 0.25) is 0 Å². The molecule has 2 aliphatic rings. The van der Waals surface area contributed by atoms with Crippen molar-refractivity contribution in [3.8, 4) is 22.7 Å². The Morgan fingerprint density at radius 1 is 1.25 bits per heavy atom. The highest BCUT2D eigenvalue weighted by Gasteiger charge is 2.46. The normalized spacial score (nSPS) is 20.2. The van der Waals surface area contributed by atoms with Gasteiger partial charge in [0.05, 0.1) is 35.8 Å². The van der Waals surface area contributed by atoms with Crippen molar-refractivity contribution in [1.29, 1.82) is 0 Å². The minimum Gasteiger partial charge on any atom is -0.507 e. The van der Waals surface area contributed by atoms with Gasteiger partial charge < -0.3 is 15.0 Å². The molecule has 6 heteroatoms. The second-order valence-electron chi connectivity index (χ2n) is 7.88. The van der Waals surface area contributed by atoms with Crippen molar-refractivity contribution in [2.75, 3.05) is 6.54 Å². The third-order valence-electron chi connectivity index (χ3n) is 6.02. The molecule has 0 radical (unpaired) electrons. The summed E-state index contributed by atoms with van der Waals surface area (Å²) in [7, 11) is 0. The number of allylic oxidation sites excluding steroid dienone is 1. The topological polar surface area (TPSA) is 75.9 Å². The number of aromatic hydroxyl groups is 1. The maximum Gasteiger partial charge on any atom is 0.127 e. The van der Waals surface area contributed by atoms with Crippen molar-refractivity contribution in [3.05, 3.63) is 61.6 Å². The Bertz CT molecular complexity index is 1010.